The number of hydrogen-bond donors (Lipinski definition) is 2. The first-order valence-electron chi connectivity index (χ1n) is 11.4. The van der Waals surface area contributed by atoms with E-state index in [0.29, 0.717) is 30.5 Å². The Hall–Kier alpha value is -3.11. The van der Waals surface area contributed by atoms with Gasteiger partial charge in [0.15, 0.2) is 5.58 Å². The molecule has 2 N–H and O–H groups in total. The number of aromatic amines is 1. The number of hydrogen-bond acceptors (Lipinski definition) is 7. The third kappa shape index (κ3) is 4.74. The molecule has 0 spiro atoms. The van der Waals surface area contributed by atoms with Crippen molar-refractivity contribution < 1.29 is 21.8 Å². The van der Waals surface area contributed by atoms with E-state index in [-0.39, 0.29) is 17.7 Å². The fourth-order valence-electron chi connectivity index (χ4n) is 4.73. The number of carbonyl (C=O) groups is 1. The molecule has 0 radical (unpaired) electrons. The maximum absolute atomic E-state index is 13.6. The molecule has 2 fully saturated rings. The highest BCUT2D eigenvalue weighted by atomic mass is 32.2. The highest BCUT2D eigenvalue weighted by molar-refractivity contribution is 7.86. The van der Waals surface area contributed by atoms with Crippen molar-refractivity contribution in [1.82, 2.24) is 15.2 Å². The van der Waals surface area contributed by atoms with E-state index in [1.807, 2.05) is 18.2 Å². The summed E-state index contributed by atoms with van der Waals surface area (Å²) >= 11 is 0. The van der Waals surface area contributed by atoms with Gasteiger partial charge in [-0.15, -0.1) is 0 Å². The Morgan fingerprint density at radius 2 is 1.97 bits per heavy atom. The summed E-state index contributed by atoms with van der Waals surface area (Å²) in [4.78, 5) is 30.1. The van der Waals surface area contributed by atoms with E-state index >= 15 is 0 Å². The van der Waals surface area contributed by atoms with E-state index in [2.05, 4.69) is 15.2 Å². The van der Waals surface area contributed by atoms with Gasteiger partial charge in [0.05, 0.1) is 23.2 Å². The van der Waals surface area contributed by atoms with Gasteiger partial charge in [-0.1, -0.05) is 18.2 Å². The van der Waals surface area contributed by atoms with Gasteiger partial charge < -0.3 is 18.8 Å². The van der Waals surface area contributed by atoms with Crippen LogP contribution >= 0.6 is 0 Å². The molecule has 2 aliphatic rings. The number of amides is 1. The molecule has 1 aliphatic heterocycles. The van der Waals surface area contributed by atoms with Gasteiger partial charge >= 0.3 is 15.9 Å². The number of rotatable bonds is 8. The molecule has 1 saturated heterocycles. The van der Waals surface area contributed by atoms with Gasteiger partial charge in [0, 0.05) is 6.54 Å². The summed E-state index contributed by atoms with van der Waals surface area (Å²) in [5.74, 6) is -0.393. The minimum absolute atomic E-state index is 0.0867. The largest absolute Gasteiger partial charge is 0.417 e. The van der Waals surface area contributed by atoms with Crippen LogP contribution < -0.4 is 15.3 Å². The van der Waals surface area contributed by atoms with Crippen molar-refractivity contribution >= 4 is 27.1 Å². The first kappa shape index (κ1) is 22.7. The Balaban J connectivity index is 1.42. The van der Waals surface area contributed by atoms with Gasteiger partial charge in [-0.3, -0.25) is 9.78 Å². The second kappa shape index (κ2) is 8.59. The first-order chi connectivity index (χ1) is 16.2. The number of carbonyl (C=O) groups excluding carboxylic acids is 1. The number of aromatic nitrogens is 1. The standard InChI is InChI=1S/C24H27N3O6S/c1-34(30,31)33-18-6-4-5-16(13-18)20(15-27-11-2-3-12-27)25-22(28)24(9-10-24)17-7-8-21-19(14-17)26-23(29)32-21/h4-8,13-14,20H,2-3,9-12,15H2,1H3,(H,25,28)(H,26,29). The number of likely N-dealkylation sites (tertiary alicyclic amines) is 1. The predicted molar refractivity (Wildman–Crippen MR) is 126 cm³/mol. The zero-order valence-corrected chi connectivity index (χ0v) is 19.7. The van der Waals surface area contributed by atoms with E-state index < -0.39 is 21.3 Å². The Kier molecular flexibility index (Phi) is 5.73. The first-order valence-corrected chi connectivity index (χ1v) is 13.2. The van der Waals surface area contributed by atoms with E-state index in [0.717, 1.165) is 43.3 Å². The number of benzene rings is 2. The van der Waals surface area contributed by atoms with E-state index in [1.165, 1.54) is 0 Å². The quantitative estimate of drug-likeness (QED) is 0.470. The predicted octanol–water partition coefficient (Wildman–Crippen LogP) is 2.44. The van der Waals surface area contributed by atoms with Crippen LogP contribution in [-0.4, -0.2) is 50.1 Å². The molecular weight excluding hydrogens is 458 g/mol. The van der Waals surface area contributed by atoms with Crippen molar-refractivity contribution in [3.05, 3.63) is 64.1 Å². The molecule has 2 heterocycles. The minimum atomic E-state index is -3.66. The van der Waals surface area contributed by atoms with Gasteiger partial charge in [0.1, 0.15) is 5.75 Å². The monoisotopic (exact) mass is 485 g/mol. The van der Waals surface area contributed by atoms with Gasteiger partial charge in [-0.2, -0.15) is 8.42 Å². The zero-order valence-electron chi connectivity index (χ0n) is 18.9. The molecular formula is C24H27N3O6S. The van der Waals surface area contributed by atoms with Crippen molar-refractivity contribution in [2.75, 3.05) is 25.9 Å². The van der Waals surface area contributed by atoms with Gasteiger partial charge in [-0.25, -0.2) is 4.79 Å². The summed E-state index contributed by atoms with van der Waals surface area (Å²) in [6.07, 6.45) is 4.65. The molecule has 180 valence electrons. The third-order valence-corrected chi connectivity index (χ3v) is 7.10. The lowest BCUT2D eigenvalue weighted by Gasteiger charge is -2.27. The van der Waals surface area contributed by atoms with Crippen molar-refractivity contribution in [2.24, 2.45) is 0 Å². The molecule has 10 heteroatoms. The molecule has 1 atom stereocenters. The SMILES string of the molecule is CS(=O)(=O)Oc1cccc(C(CN2CCCC2)NC(=O)C2(c3ccc4oc(=O)[nH]c4c3)CC2)c1. The fourth-order valence-corrected chi connectivity index (χ4v) is 5.19. The lowest BCUT2D eigenvalue weighted by molar-refractivity contribution is -0.124. The second-order valence-corrected chi connectivity index (χ2v) is 10.8. The lowest BCUT2D eigenvalue weighted by Crippen LogP contribution is -2.41. The molecule has 1 saturated carbocycles. The van der Waals surface area contributed by atoms with Gasteiger partial charge in [0.25, 0.3) is 0 Å². The summed E-state index contributed by atoms with van der Waals surface area (Å²) in [6.45, 7) is 2.54. The highest BCUT2D eigenvalue weighted by Crippen LogP contribution is 2.49. The van der Waals surface area contributed by atoms with Crippen molar-refractivity contribution in [2.45, 2.75) is 37.1 Å². The minimum Gasteiger partial charge on any atom is -0.408 e. The molecule has 1 amide bonds. The summed E-state index contributed by atoms with van der Waals surface area (Å²) in [6, 6.07) is 11.9. The van der Waals surface area contributed by atoms with Crippen LogP contribution in [0.5, 0.6) is 5.75 Å². The molecule has 3 aromatic rings. The number of nitrogens with zero attached hydrogens (tertiary/aromatic N) is 1. The Morgan fingerprint density at radius 1 is 1.21 bits per heavy atom. The van der Waals surface area contributed by atoms with Gasteiger partial charge in [-0.05, 0) is 74.2 Å². The molecule has 9 nitrogen and oxygen atoms in total. The number of nitrogens with one attached hydrogen (secondary N) is 2. The third-order valence-electron chi connectivity index (χ3n) is 6.61. The van der Waals surface area contributed by atoms with E-state index in [9.17, 15) is 18.0 Å². The van der Waals surface area contributed by atoms with E-state index in [1.54, 1.807) is 24.3 Å². The number of H-pyrrole nitrogens is 1. The van der Waals surface area contributed by atoms with Crippen molar-refractivity contribution in [1.29, 1.82) is 0 Å². The average Bonchev–Trinajstić information content (AvgIpc) is 3.26. The zero-order chi connectivity index (χ0) is 23.9. The number of oxazole rings is 1. The summed E-state index contributed by atoms with van der Waals surface area (Å²) in [5, 5.41) is 3.22. The van der Waals surface area contributed by atoms with Gasteiger partial charge in [0.2, 0.25) is 5.91 Å². The molecule has 5 rings (SSSR count). The molecule has 1 aromatic heterocycles. The second-order valence-electron chi connectivity index (χ2n) is 9.20. The average molecular weight is 486 g/mol. The summed E-state index contributed by atoms with van der Waals surface area (Å²) < 4.78 is 33.4. The smallest absolute Gasteiger partial charge is 0.408 e. The van der Waals surface area contributed by atoms with Crippen LogP contribution in [0.1, 0.15) is 42.9 Å². The normalized spacial score (nSPS) is 18.6. The van der Waals surface area contributed by atoms with Crippen LogP contribution in [0.3, 0.4) is 0 Å². The summed E-state index contributed by atoms with van der Waals surface area (Å²) in [5.41, 5.74) is 1.99. The van der Waals surface area contributed by atoms with Crippen molar-refractivity contribution in [3.63, 3.8) is 0 Å². The van der Waals surface area contributed by atoms with Crippen LogP contribution in [-0.2, 0) is 20.3 Å². The molecule has 34 heavy (non-hydrogen) atoms. The van der Waals surface area contributed by atoms with Crippen LogP contribution in [0.2, 0.25) is 0 Å². The molecule has 1 aliphatic carbocycles. The Morgan fingerprint density at radius 3 is 2.68 bits per heavy atom. The van der Waals surface area contributed by atoms with Crippen molar-refractivity contribution in [3.8, 4) is 5.75 Å². The Bertz CT molecular complexity index is 1380. The van der Waals surface area contributed by atoms with Crippen LogP contribution in [0.15, 0.2) is 51.7 Å². The Labute approximate surface area is 197 Å². The van der Waals surface area contributed by atoms with Crippen LogP contribution in [0.4, 0.5) is 0 Å². The molecule has 0 bridgehead atoms. The van der Waals surface area contributed by atoms with E-state index in [4.69, 9.17) is 8.60 Å². The molecule has 1 unspecified atom stereocenters. The summed E-state index contributed by atoms with van der Waals surface area (Å²) in [7, 11) is -3.66. The highest BCUT2D eigenvalue weighted by Gasteiger charge is 2.52. The number of fused-ring (bicyclic) bond motifs is 1. The maximum atomic E-state index is 13.6. The fraction of sp³-hybridized carbons (Fsp3) is 0.417. The maximum Gasteiger partial charge on any atom is 0.417 e. The topological polar surface area (TPSA) is 122 Å². The molecule has 2 aromatic carbocycles. The lowest BCUT2D eigenvalue weighted by atomic mass is 9.93. The van der Waals surface area contributed by atoms with Crippen LogP contribution in [0.25, 0.3) is 11.1 Å². The van der Waals surface area contributed by atoms with Crippen LogP contribution in [0, 0.1) is 0 Å².